The summed E-state index contributed by atoms with van der Waals surface area (Å²) in [6.45, 7) is 4.30. The van der Waals surface area contributed by atoms with Crippen molar-refractivity contribution >= 4 is 41.2 Å². The highest BCUT2D eigenvalue weighted by atomic mass is 35.5. The number of amides is 2. The Hall–Kier alpha value is -3.55. The number of hydrazone groups is 1. The van der Waals surface area contributed by atoms with Crippen LogP contribution in [0, 0.1) is 5.92 Å². The highest BCUT2D eigenvalue weighted by Gasteiger charge is 2.22. The van der Waals surface area contributed by atoms with Crippen molar-refractivity contribution in [3.8, 4) is 11.5 Å². The molecule has 194 valence electrons. The Morgan fingerprint density at radius 1 is 0.946 bits per heavy atom. The number of nitrogens with one attached hydrogen (secondary N) is 2. The predicted octanol–water partition coefficient (Wildman–Crippen LogP) is 5.88. The summed E-state index contributed by atoms with van der Waals surface area (Å²) in [5, 5.41) is 8.03. The average molecular weight is 542 g/mol. The molecule has 7 nitrogen and oxygen atoms in total. The second-order valence-corrected chi connectivity index (χ2v) is 9.60. The highest BCUT2D eigenvalue weighted by Crippen LogP contribution is 2.28. The Morgan fingerprint density at radius 2 is 1.59 bits per heavy atom. The topological polar surface area (TPSA) is 89.0 Å². The molecule has 1 atom stereocenters. The number of hydrogen-bond acceptors (Lipinski definition) is 5. The molecule has 0 fully saturated rings. The number of halogens is 2. The lowest BCUT2D eigenvalue weighted by Crippen LogP contribution is -2.46. The standard InChI is InChI=1S/C28H29Cl2N3O4/c1-18(2)14-24(32-27(34)21-7-11-23(30)12-8-21)28(35)33-31-16-20-6-13-25(26(15-20)36-3)37-17-19-4-9-22(29)10-5-19/h4-13,15-16,18,24H,14,17H2,1-3H3,(H,32,34)(H,33,35). The molecule has 0 radical (unpaired) electrons. The van der Waals surface area contributed by atoms with E-state index < -0.39 is 11.9 Å². The van der Waals surface area contributed by atoms with Gasteiger partial charge < -0.3 is 14.8 Å². The van der Waals surface area contributed by atoms with Gasteiger partial charge in [0, 0.05) is 15.6 Å². The van der Waals surface area contributed by atoms with Crippen LogP contribution in [-0.4, -0.2) is 31.2 Å². The van der Waals surface area contributed by atoms with E-state index >= 15 is 0 Å². The lowest BCUT2D eigenvalue weighted by molar-refractivity contribution is -0.123. The van der Waals surface area contributed by atoms with Crippen LogP contribution >= 0.6 is 23.2 Å². The largest absolute Gasteiger partial charge is 0.493 e. The molecule has 3 rings (SSSR count). The molecule has 0 aliphatic heterocycles. The smallest absolute Gasteiger partial charge is 0.262 e. The van der Waals surface area contributed by atoms with Gasteiger partial charge in [-0.2, -0.15) is 5.10 Å². The van der Waals surface area contributed by atoms with Crippen molar-refractivity contribution in [2.45, 2.75) is 32.9 Å². The first-order valence-electron chi connectivity index (χ1n) is 11.7. The fourth-order valence-electron chi connectivity index (χ4n) is 3.42. The van der Waals surface area contributed by atoms with Crippen LogP contribution in [0.2, 0.25) is 10.0 Å². The molecular weight excluding hydrogens is 513 g/mol. The van der Waals surface area contributed by atoms with E-state index in [4.69, 9.17) is 32.7 Å². The van der Waals surface area contributed by atoms with Crippen LogP contribution < -0.4 is 20.2 Å². The maximum Gasteiger partial charge on any atom is 0.262 e. The third-order valence-electron chi connectivity index (χ3n) is 5.32. The summed E-state index contributed by atoms with van der Waals surface area (Å²) >= 11 is 11.8. The molecule has 2 N–H and O–H groups in total. The van der Waals surface area contributed by atoms with E-state index in [0.717, 1.165) is 5.56 Å². The van der Waals surface area contributed by atoms with E-state index in [2.05, 4.69) is 15.8 Å². The predicted molar refractivity (Wildman–Crippen MR) is 147 cm³/mol. The molecule has 0 bridgehead atoms. The van der Waals surface area contributed by atoms with Gasteiger partial charge in [0.25, 0.3) is 11.8 Å². The van der Waals surface area contributed by atoms with Crippen molar-refractivity contribution < 1.29 is 19.1 Å². The van der Waals surface area contributed by atoms with Gasteiger partial charge in [-0.15, -0.1) is 0 Å². The van der Waals surface area contributed by atoms with E-state index in [-0.39, 0.29) is 11.8 Å². The van der Waals surface area contributed by atoms with Crippen molar-refractivity contribution in [3.05, 3.63) is 93.5 Å². The number of methoxy groups -OCH3 is 1. The van der Waals surface area contributed by atoms with Crippen LogP contribution in [0.4, 0.5) is 0 Å². The molecule has 0 saturated heterocycles. The van der Waals surface area contributed by atoms with Crippen molar-refractivity contribution in [2.75, 3.05) is 7.11 Å². The fourth-order valence-corrected chi connectivity index (χ4v) is 3.67. The Kier molecular flexibility index (Phi) is 10.4. The molecule has 0 aromatic heterocycles. The van der Waals surface area contributed by atoms with Crippen molar-refractivity contribution in [1.29, 1.82) is 0 Å². The molecule has 3 aromatic rings. The Balaban J connectivity index is 1.61. The number of ether oxygens (including phenoxy) is 2. The summed E-state index contributed by atoms with van der Waals surface area (Å²) in [5.41, 5.74) is 4.60. The summed E-state index contributed by atoms with van der Waals surface area (Å²) in [4.78, 5) is 25.4. The van der Waals surface area contributed by atoms with E-state index in [0.29, 0.717) is 45.7 Å². The molecule has 3 aromatic carbocycles. The maximum absolute atomic E-state index is 12.8. The number of hydrogen-bond donors (Lipinski definition) is 2. The first kappa shape index (κ1) is 28.0. The number of carbonyl (C=O) groups is 2. The summed E-state index contributed by atoms with van der Waals surface area (Å²) in [6.07, 6.45) is 1.95. The van der Waals surface area contributed by atoms with E-state index in [1.165, 1.54) is 6.21 Å². The van der Waals surface area contributed by atoms with Crippen LogP contribution in [0.1, 0.15) is 41.8 Å². The Morgan fingerprint density at radius 3 is 2.22 bits per heavy atom. The minimum Gasteiger partial charge on any atom is -0.493 e. The molecule has 37 heavy (non-hydrogen) atoms. The monoisotopic (exact) mass is 541 g/mol. The number of benzene rings is 3. The van der Waals surface area contributed by atoms with Crippen molar-refractivity contribution in [2.24, 2.45) is 11.0 Å². The molecule has 0 spiro atoms. The lowest BCUT2D eigenvalue weighted by Gasteiger charge is -2.19. The summed E-state index contributed by atoms with van der Waals surface area (Å²) in [5.74, 6) is 0.496. The molecule has 0 aliphatic rings. The fraction of sp³-hybridized carbons (Fsp3) is 0.250. The van der Waals surface area contributed by atoms with Crippen molar-refractivity contribution in [1.82, 2.24) is 10.7 Å². The molecule has 0 aliphatic carbocycles. The Labute approximate surface area is 226 Å². The second-order valence-electron chi connectivity index (χ2n) is 8.72. The molecular formula is C28H29Cl2N3O4. The van der Waals surface area contributed by atoms with Gasteiger partial charge in [0.05, 0.1) is 13.3 Å². The summed E-state index contributed by atoms with van der Waals surface area (Å²) < 4.78 is 11.3. The third kappa shape index (κ3) is 8.81. The van der Waals surface area contributed by atoms with Crippen LogP contribution in [-0.2, 0) is 11.4 Å². The lowest BCUT2D eigenvalue weighted by atomic mass is 10.0. The van der Waals surface area contributed by atoms with Crippen LogP contribution in [0.5, 0.6) is 11.5 Å². The van der Waals surface area contributed by atoms with E-state index in [1.54, 1.807) is 61.7 Å². The van der Waals surface area contributed by atoms with Crippen molar-refractivity contribution in [3.63, 3.8) is 0 Å². The second kappa shape index (κ2) is 13.7. The molecule has 0 heterocycles. The first-order valence-corrected chi connectivity index (χ1v) is 12.5. The SMILES string of the molecule is COc1cc(C=NNC(=O)C(CC(C)C)NC(=O)c2ccc(Cl)cc2)ccc1OCc1ccc(Cl)cc1. The number of nitrogens with zero attached hydrogens (tertiary/aromatic N) is 1. The average Bonchev–Trinajstić information content (AvgIpc) is 2.88. The van der Waals surface area contributed by atoms with E-state index in [9.17, 15) is 9.59 Å². The normalized spacial score (nSPS) is 11.8. The van der Waals surface area contributed by atoms with Gasteiger partial charge in [0.2, 0.25) is 0 Å². The van der Waals surface area contributed by atoms with Gasteiger partial charge in [0.15, 0.2) is 11.5 Å². The molecule has 1 unspecified atom stereocenters. The quantitative estimate of drug-likeness (QED) is 0.234. The highest BCUT2D eigenvalue weighted by molar-refractivity contribution is 6.30. The number of carbonyl (C=O) groups excluding carboxylic acids is 2. The first-order chi connectivity index (χ1) is 17.7. The minimum absolute atomic E-state index is 0.176. The third-order valence-corrected chi connectivity index (χ3v) is 5.82. The van der Waals surface area contributed by atoms with Gasteiger partial charge in [-0.3, -0.25) is 9.59 Å². The van der Waals surface area contributed by atoms with Gasteiger partial charge in [-0.25, -0.2) is 5.43 Å². The van der Waals surface area contributed by atoms with Crippen LogP contribution in [0.15, 0.2) is 71.8 Å². The van der Waals surface area contributed by atoms with Gasteiger partial charge in [-0.05, 0) is 78.1 Å². The zero-order valence-electron chi connectivity index (χ0n) is 20.8. The Bertz CT molecular complexity index is 1230. The van der Waals surface area contributed by atoms with Crippen LogP contribution in [0.3, 0.4) is 0 Å². The van der Waals surface area contributed by atoms with E-state index in [1.807, 2.05) is 26.0 Å². The van der Waals surface area contributed by atoms with Gasteiger partial charge >= 0.3 is 0 Å². The maximum atomic E-state index is 12.8. The van der Waals surface area contributed by atoms with Crippen LogP contribution in [0.25, 0.3) is 0 Å². The van der Waals surface area contributed by atoms with Gasteiger partial charge in [0.1, 0.15) is 12.6 Å². The summed E-state index contributed by atoms with van der Waals surface area (Å²) in [7, 11) is 1.55. The molecule has 0 saturated carbocycles. The number of rotatable bonds is 11. The zero-order valence-corrected chi connectivity index (χ0v) is 22.3. The zero-order chi connectivity index (χ0) is 26.8. The molecule has 2 amide bonds. The molecule has 9 heteroatoms. The van der Waals surface area contributed by atoms with Gasteiger partial charge in [-0.1, -0.05) is 49.2 Å². The minimum atomic E-state index is -0.751. The summed E-state index contributed by atoms with van der Waals surface area (Å²) in [6, 6.07) is 18.4.